The Kier molecular flexibility index (Phi) is 8.51. The first-order valence-corrected chi connectivity index (χ1v) is 14.8. The van der Waals surface area contributed by atoms with Crippen LogP contribution in [-0.4, -0.2) is 55.9 Å². The van der Waals surface area contributed by atoms with Crippen LogP contribution >= 0.6 is 0 Å². The summed E-state index contributed by atoms with van der Waals surface area (Å²) in [7, 11) is 0. The third-order valence-electron chi connectivity index (χ3n) is 8.03. The van der Waals surface area contributed by atoms with E-state index in [1.54, 1.807) is 22.9 Å². The zero-order chi connectivity index (χ0) is 29.8. The van der Waals surface area contributed by atoms with E-state index in [0.717, 1.165) is 65.2 Å². The van der Waals surface area contributed by atoms with Crippen molar-refractivity contribution in [3.05, 3.63) is 107 Å². The molecule has 5 aromatic rings. The third kappa shape index (κ3) is 6.62. The maximum absolute atomic E-state index is 12.8. The fourth-order valence-electron chi connectivity index (χ4n) is 5.47. The molecule has 0 amide bonds. The van der Waals surface area contributed by atoms with E-state index >= 15 is 0 Å². The molecule has 0 bridgehead atoms. The average Bonchev–Trinajstić information content (AvgIpc) is 3.03. The van der Waals surface area contributed by atoms with Gasteiger partial charge in [-0.2, -0.15) is 10.2 Å². The van der Waals surface area contributed by atoms with Gasteiger partial charge in [-0.05, 0) is 80.4 Å². The van der Waals surface area contributed by atoms with Crippen LogP contribution in [-0.2, 0) is 6.54 Å². The van der Waals surface area contributed by atoms with Gasteiger partial charge < -0.3 is 14.2 Å². The van der Waals surface area contributed by atoms with Crippen LogP contribution in [0.2, 0.25) is 0 Å². The Morgan fingerprint density at radius 3 is 2.51 bits per heavy atom. The third-order valence-corrected chi connectivity index (χ3v) is 8.03. The summed E-state index contributed by atoms with van der Waals surface area (Å²) in [4.78, 5) is 24.3. The summed E-state index contributed by atoms with van der Waals surface area (Å²) in [5.74, 6) is 2.64. The molecule has 0 N–H and O–H groups in total. The van der Waals surface area contributed by atoms with Gasteiger partial charge in [-0.15, -0.1) is 0 Å². The molecule has 1 saturated heterocycles. The van der Waals surface area contributed by atoms with Crippen molar-refractivity contribution in [2.75, 3.05) is 26.3 Å². The number of likely N-dealkylation sites (tertiary alicyclic amines) is 1. The Morgan fingerprint density at radius 1 is 1.00 bits per heavy atom. The SMILES string of the molecule is CC(C)c1ccc(-c2ccc(Oc3cc4nc(C5CCN(CCF)CC5)ncc4cc3Cn3ccccc3=O)cc2)nn1. The maximum atomic E-state index is 12.8. The lowest BCUT2D eigenvalue weighted by atomic mass is 9.95. The molecule has 1 aliphatic heterocycles. The number of pyridine rings is 1. The lowest BCUT2D eigenvalue weighted by Gasteiger charge is -2.30. The number of piperidine rings is 1. The largest absolute Gasteiger partial charge is 0.457 e. The van der Waals surface area contributed by atoms with Gasteiger partial charge in [-0.1, -0.05) is 19.9 Å². The van der Waals surface area contributed by atoms with Crippen molar-refractivity contribution in [1.82, 2.24) is 29.6 Å². The fraction of sp³-hybridized carbons (Fsp3) is 0.324. The van der Waals surface area contributed by atoms with Gasteiger partial charge in [0.15, 0.2) is 0 Å². The monoisotopic (exact) mass is 578 g/mol. The number of alkyl halides is 1. The van der Waals surface area contributed by atoms with E-state index in [0.29, 0.717) is 30.5 Å². The number of nitrogens with zero attached hydrogens (tertiary/aromatic N) is 6. The van der Waals surface area contributed by atoms with Gasteiger partial charge in [-0.3, -0.25) is 4.79 Å². The highest BCUT2D eigenvalue weighted by Gasteiger charge is 2.23. The van der Waals surface area contributed by atoms with Crippen molar-refractivity contribution >= 4 is 10.9 Å². The number of ether oxygens (including phenoxy) is 1. The van der Waals surface area contributed by atoms with Crippen LogP contribution in [0.1, 0.15) is 55.6 Å². The van der Waals surface area contributed by atoms with E-state index in [4.69, 9.17) is 14.7 Å². The molecule has 6 rings (SSSR count). The fourth-order valence-corrected chi connectivity index (χ4v) is 5.47. The number of hydrogen-bond donors (Lipinski definition) is 0. The van der Waals surface area contributed by atoms with E-state index in [-0.39, 0.29) is 18.2 Å². The number of hydrogen-bond acceptors (Lipinski definition) is 7. The number of fused-ring (bicyclic) bond motifs is 1. The minimum absolute atomic E-state index is 0.0896. The Hall–Kier alpha value is -4.50. The predicted molar refractivity (Wildman–Crippen MR) is 165 cm³/mol. The van der Waals surface area contributed by atoms with Gasteiger partial charge in [0.25, 0.3) is 5.56 Å². The van der Waals surface area contributed by atoms with Crippen LogP contribution in [0, 0.1) is 0 Å². The standard InChI is InChI=1S/C34H35FN6O2/c1-23(2)29-10-11-30(39-38-29)24-6-8-28(9-7-24)43-32-20-31-26(19-27(32)22-41-15-4-3-5-33(41)42)21-36-34(37-31)25-12-16-40(17-13-25)18-14-35/h3-11,15,19-21,23,25H,12-14,16-18,22H2,1-2H3. The van der Waals surface area contributed by atoms with Crippen LogP contribution in [0.5, 0.6) is 11.5 Å². The summed E-state index contributed by atoms with van der Waals surface area (Å²) in [5.41, 5.74) is 4.24. The molecule has 2 aromatic carbocycles. The molecule has 8 nitrogen and oxygen atoms in total. The Morgan fingerprint density at radius 2 is 1.81 bits per heavy atom. The van der Waals surface area contributed by atoms with Crippen molar-refractivity contribution in [2.24, 2.45) is 0 Å². The maximum Gasteiger partial charge on any atom is 0.250 e. The smallest absolute Gasteiger partial charge is 0.250 e. The topological polar surface area (TPSA) is 86.0 Å². The van der Waals surface area contributed by atoms with Gasteiger partial charge in [0.1, 0.15) is 24.0 Å². The van der Waals surface area contributed by atoms with Gasteiger partial charge in [0.05, 0.1) is 23.4 Å². The molecular formula is C34H35FN6O2. The first kappa shape index (κ1) is 28.6. The average molecular weight is 579 g/mol. The molecule has 0 spiro atoms. The first-order chi connectivity index (χ1) is 21.0. The van der Waals surface area contributed by atoms with Crippen molar-refractivity contribution < 1.29 is 9.13 Å². The molecule has 1 fully saturated rings. The van der Waals surface area contributed by atoms with Crippen LogP contribution in [0.25, 0.3) is 22.2 Å². The molecule has 220 valence electrons. The van der Waals surface area contributed by atoms with Crippen molar-refractivity contribution in [3.63, 3.8) is 0 Å². The molecule has 4 heterocycles. The van der Waals surface area contributed by atoms with Gasteiger partial charge in [-0.25, -0.2) is 14.4 Å². The second-order valence-corrected chi connectivity index (χ2v) is 11.3. The summed E-state index contributed by atoms with van der Waals surface area (Å²) in [6.07, 6.45) is 5.43. The minimum Gasteiger partial charge on any atom is -0.457 e. The van der Waals surface area contributed by atoms with Gasteiger partial charge in [0.2, 0.25) is 0 Å². The second-order valence-electron chi connectivity index (χ2n) is 11.3. The zero-order valence-corrected chi connectivity index (χ0v) is 24.5. The lowest BCUT2D eigenvalue weighted by molar-refractivity contribution is 0.194. The van der Waals surface area contributed by atoms with E-state index in [2.05, 4.69) is 28.9 Å². The summed E-state index contributed by atoms with van der Waals surface area (Å²) >= 11 is 0. The van der Waals surface area contributed by atoms with Crippen LogP contribution in [0.3, 0.4) is 0 Å². The second kappa shape index (κ2) is 12.8. The summed E-state index contributed by atoms with van der Waals surface area (Å²) in [6.45, 7) is 6.39. The quantitative estimate of drug-likeness (QED) is 0.201. The molecule has 9 heteroatoms. The summed E-state index contributed by atoms with van der Waals surface area (Å²) in [6, 6.07) is 20.8. The van der Waals surface area contributed by atoms with E-state index in [1.165, 1.54) is 0 Å². The molecule has 0 atom stereocenters. The normalized spacial score (nSPS) is 14.4. The Balaban J connectivity index is 1.30. The molecule has 0 radical (unpaired) electrons. The number of halogens is 1. The molecule has 0 saturated carbocycles. The van der Waals surface area contributed by atoms with Crippen LogP contribution < -0.4 is 10.3 Å². The molecule has 43 heavy (non-hydrogen) atoms. The lowest BCUT2D eigenvalue weighted by Crippen LogP contribution is -2.34. The molecule has 3 aromatic heterocycles. The highest BCUT2D eigenvalue weighted by Crippen LogP contribution is 2.33. The minimum atomic E-state index is -0.320. The molecule has 0 unspecified atom stereocenters. The predicted octanol–water partition coefficient (Wildman–Crippen LogP) is 6.36. The highest BCUT2D eigenvalue weighted by atomic mass is 19.1. The van der Waals surface area contributed by atoms with Crippen molar-refractivity contribution in [2.45, 2.75) is 45.1 Å². The van der Waals surface area contributed by atoms with E-state index < -0.39 is 0 Å². The van der Waals surface area contributed by atoms with E-state index in [9.17, 15) is 9.18 Å². The van der Waals surface area contributed by atoms with Gasteiger partial charge >= 0.3 is 0 Å². The van der Waals surface area contributed by atoms with Crippen LogP contribution in [0.15, 0.2) is 83.9 Å². The van der Waals surface area contributed by atoms with Crippen molar-refractivity contribution in [3.8, 4) is 22.8 Å². The van der Waals surface area contributed by atoms with Crippen molar-refractivity contribution in [1.29, 1.82) is 0 Å². The number of aromatic nitrogens is 5. The molecular weight excluding hydrogens is 543 g/mol. The van der Waals surface area contributed by atoms with Gasteiger partial charge in [0, 0.05) is 53.5 Å². The number of rotatable bonds is 9. The first-order valence-electron chi connectivity index (χ1n) is 14.8. The Bertz CT molecular complexity index is 1750. The summed E-state index contributed by atoms with van der Waals surface area (Å²) < 4.78 is 20.9. The zero-order valence-electron chi connectivity index (χ0n) is 24.5. The summed E-state index contributed by atoms with van der Waals surface area (Å²) in [5, 5.41) is 9.62. The van der Waals surface area contributed by atoms with Crippen LogP contribution in [0.4, 0.5) is 4.39 Å². The Labute approximate surface area is 250 Å². The number of benzene rings is 2. The molecule has 1 aliphatic rings. The van der Waals surface area contributed by atoms with E-state index in [1.807, 2.05) is 60.8 Å². The molecule has 0 aliphatic carbocycles. The highest BCUT2D eigenvalue weighted by molar-refractivity contribution is 5.81.